The van der Waals surface area contributed by atoms with E-state index < -0.39 is 5.97 Å². The zero-order valence-electron chi connectivity index (χ0n) is 19.3. The van der Waals surface area contributed by atoms with Gasteiger partial charge in [0, 0.05) is 27.2 Å². The van der Waals surface area contributed by atoms with E-state index in [4.69, 9.17) is 28.4 Å². The molecule has 6 nitrogen and oxygen atoms in total. The van der Waals surface area contributed by atoms with Crippen LogP contribution in [0.15, 0.2) is 0 Å². The van der Waals surface area contributed by atoms with Gasteiger partial charge in [-0.3, -0.25) is 0 Å². The number of ether oxygens (including phenoxy) is 6. The first kappa shape index (κ1) is 29.1. The third-order valence-electron chi connectivity index (χ3n) is 4.89. The SMILES string of the molecule is CCCCCCCCC(CCCS)C(OCCOC)(OCCOC)OCCOC. The molecule has 0 rings (SSSR count). The van der Waals surface area contributed by atoms with Crippen LogP contribution in [0, 0.1) is 5.92 Å². The van der Waals surface area contributed by atoms with E-state index in [0.29, 0.717) is 39.6 Å². The number of hydrogen-bond donors (Lipinski definition) is 1. The van der Waals surface area contributed by atoms with Gasteiger partial charge in [0.15, 0.2) is 0 Å². The molecule has 0 aromatic heterocycles. The normalized spacial score (nSPS) is 13.1. The van der Waals surface area contributed by atoms with Gasteiger partial charge in [0.05, 0.1) is 39.6 Å². The lowest BCUT2D eigenvalue weighted by atomic mass is 9.93. The summed E-state index contributed by atoms with van der Waals surface area (Å²) in [5.74, 6) is -0.161. The molecule has 0 bridgehead atoms. The smallest absolute Gasteiger partial charge is 0.286 e. The third kappa shape index (κ3) is 14.7. The topological polar surface area (TPSA) is 55.4 Å². The van der Waals surface area contributed by atoms with Crippen LogP contribution in [0.3, 0.4) is 0 Å². The molecule has 0 aromatic carbocycles. The zero-order chi connectivity index (χ0) is 21.6. The Labute approximate surface area is 184 Å². The molecule has 0 aliphatic rings. The Morgan fingerprint density at radius 3 is 1.52 bits per heavy atom. The molecule has 176 valence electrons. The minimum Gasteiger partial charge on any atom is -0.382 e. The fourth-order valence-corrected chi connectivity index (χ4v) is 3.47. The quantitative estimate of drug-likeness (QED) is 0.142. The van der Waals surface area contributed by atoms with Gasteiger partial charge in [-0.25, -0.2) is 0 Å². The van der Waals surface area contributed by atoms with Crippen LogP contribution in [0.5, 0.6) is 0 Å². The highest BCUT2D eigenvalue weighted by atomic mass is 32.1. The van der Waals surface area contributed by atoms with Gasteiger partial charge in [0.1, 0.15) is 0 Å². The molecule has 0 aliphatic carbocycles. The Morgan fingerprint density at radius 1 is 0.621 bits per heavy atom. The molecule has 0 spiro atoms. The van der Waals surface area contributed by atoms with E-state index in [1.54, 1.807) is 21.3 Å². The number of rotatable bonds is 23. The summed E-state index contributed by atoms with van der Waals surface area (Å²) in [6.07, 6.45) is 10.4. The van der Waals surface area contributed by atoms with Crippen molar-refractivity contribution in [2.24, 2.45) is 5.92 Å². The molecule has 29 heavy (non-hydrogen) atoms. The lowest BCUT2D eigenvalue weighted by molar-refractivity contribution is -0.410. The lowest BCUT2D eigenvalue weighted by Crippen LogP contribution is -2.48. The fraction of sp³-hybridized carbons (Fsp3) is 1.00. The van der Waals surface area contributed by atoms with Crippen LogP contribution >= 0.6 is 12.6 Å². The zero-order valence-corrected chi connectivity index (χ0v) is 20.2. The monoisotopic (exact) mass is 438 g/mol. The molecule has 0 saturated heterocycles. The van der Waals surface area contributed by atoms with Crippen molar-refractivity contribution in [1.29, 1.82) is 0 Å². The van der Waals surface area contributed by atoms with Crippen molar-refractivity contribution in [3.05, 3.63) is 0 Å². The molecule has 0 amide bonds. The van der Waals surface area contributed by atoms with Crippen LogP contribution < -0.4 is 0 Å². The second-order valence-electron chi connectivity index (χ2n) is 7.25. The molecule has 1 atom stereocenters. The van der Waals surface area contributed by atoms with Gasteiger partial charge in [-0.2, -0.15) is 12.6 Å². The Hall–Kier alpha value is 0.110. The summed E-state index contributed by atoms with van der Waals surface area (Å²) in [6, 6.07) is 0. The summed E-state index contributed by atoms with van der Waals surface area (Å²) in [5, 5.41) is 0. The van der Waals surface area contributed by atoms with E-state index in [2.05, 4.69) is 19.6 Å². The van der Waals surface area contributed by atoms with Crippen LogP contribution in [-0.2, 0) is 28.4 Å². The van der Waals surface area contributed by atoms with Crippen molar-refractivity contribution in [3.63, 3.8) is 0 Å². The number of methoxy groups -OCH3 is 3. The van der Waals surface area contributed by atoms with Crippen LogP contribution in [0.25, 0.3) is 0 Å². The maximum atomic E-state index is 6.21. The fourth-order valence-electron chi connectivity index (χ4n) is 3.29. The second kappa shape index (κ2) is 21.3. The molecule has 0 saturated carbocycles. The summed E-state index contributed by atoms with van der Waals surface area (Å²) in [5.41, 5.74) is 0. The molecular weight excluding hydrogens is 392 g/mol. The number of hydrogen-bond acceptors (Lipinski definition) is 7. The molecule has 0 aliphatic heterocycles. The third-order valence-corrected chi connectivity index (χ3v) is 5.21. The van der Waals surface area contributed by atoms with Gasteiger partial charge in [-0.1, -0.05) is 45.4 Å². The summed E-state index contributed by atoms with van der Waals surface area (Å²) in [7, 11) is 4.99. The van der Waals surface area contributed by atoms with Crippen LogP contribution in [0.1, 0.15) is 64.7 Å². The Bertz CT molecular complexity index is 306. The summed E-state index contributed by atoms with van der Waals surface area (Å²) >= 11 is 4.41. The molecule has 7 heteroatoms. The highest BCUT2D eigenvalue weighted by Gasteiger charge is 2.42. The van der Waals surface area contributed by atoms with Crippen molar-refractivity contribution < 1.29 is 28.4 Å². The largest absolute Gasteiger partial charge is 0.382 e. The molecular formula is C22H46O6S. The van der Waals surface area contributed by atoms with Crippen molar-refractivity contribution in [2.45, 2.75) is 70.7 Å². The highest BCUT2D eigenvalue weighted by Crippen LogP contribution is 2.34. The van der Waals surface area contributed by atoms with E-state index in [0.717, 1.165) is 31.4 Å². The maximum Gasteiger partial charge on any atom is 0.286 e. The molecule has 1 unspecified atom stereocenters. The first-order valence-electron chi connectivity index (χ1n) is 11.2. The predicted octanol–water partition coefficient (Wildman–Crippen LogP) is 4.71. The van der Waals surface area contributed by atoms with Crippen LogP contribution in [-0.4, -0.2) is 72.7 Å². The van der Waals surface area contributed by atoms with E-state index in [1.165, 1.54) is 32.1 Å². The Kier molecular flexibility index (Phi) is 21.4. The minimum absolute atomic E-state index is 0.117. The number of thiol groups is 1. The molecule has 0 N–H and O–H groups in total. The van der Waals surface area contributed by atoms with Gasteiger partial charge in [-0.15, -0.1) is 0 Å². The van der Waals surface area contributed by atoms with Gasteiger partial charge in [0.25, 0.3) is 5.97 Å². The standard InChI is InChI=1S/C22H46O6S/c1-5-6-7-8-9-10-12-21(13-11-20-29)22(26-17-14-23-2,27-18-15-24-3)28-19-16-25-4/h21,29H,5-20H2,1-4H3. The van der Waals surface area contributed by atoms with Crippen molar-refractivity contribution >= 4 is 12.6 Å². The number of unbranched alkanes of at least 4 members (excludes halogenated alkanes) is 5. The minimum atomic E-state index is -1.11. The van der Waals surface area contributed by atoms with Crippen LogP contribution in [0.4, 0.5) is 0 Å². The predicted molar refractivity (Wildman–Crippen MR) is 121 cm³/mol. The van der Waals surface area contributed by atoms with Crippen molar-refractivity contribution in [2.75, 3.05) is 66.7 Å². The summed E-state index contributed by atoms with van der Waals surface area (Å²) in [6.45, 7) is 4.92. The van der Waals surface area contributed by atoms with Gasteiger partial charge in [0.2, 0.25) is 0 Å². The van der Waals surface area contributed by atoms with Crippen molar-refractivity contribution in [3.8, 4) is 0 Å². The molecule has 0 fully saturated rings. The molecule has 0 radical (unpaired) electrons. The Morgan fingerprint density at radius 2 is 1.07 bits per heavy atom. The first-order valence-corrected chi connectivity index (χ1v) is 11.8. The van der Waals surface area contributed by atoms with Gasteiger partial charge < -0.3 is 28.4 Å². The van der Waals surface area contributed by atoms with Crippen LogP contribution in [0.2, 0.25) is 0 Å². The van der Waals surface area contributed by atoms with E-state index in [-0.39, 0.29) is 5.92 Å². The second-order valence-corrected chi connectivity index (χ2v) is 7.69. The van der Waals surface area contributed by atoms with Gasteiger partial charge in [-0.05, 0) is 25.0 Å². The van der Waals surface area contributed by atoms with E-state index in [9.17, 15) is 0 Å². The summed E-state index contributed by atoms with van der Waals surface area (Å²) < 4.78 is 34.2. The van der Waals surface area contributed by atoms with E-state index in [1.807, 2.05) is 0 Å². The van der Waals surface area contributed by atoms with Crippen molar-refractivity contribution in [1.82, 2.24) is 0 Å². The van der Waals surface area contributed by atoms with Gasteiger partial charge >= 0.3 is 0 Å². The average molecular weight is 439 g/mol. The maximum absolute atomic E-state index is 6.21. The van der Waals surface area contributed by atoms with E-state index >= 15 is 0 Å². The molecule has 0 aromatic rings. The summed E-state index contributed by atoms with van der Waals surface area (Å²) in [4.78, 5) is 0. The first-order chi connectivity index (χ1) is 14.2. The molecule has 0 heterocycles. The Balaban J connectivity index is 5.18. The average Bonchev–Trinajstić information content (AvgIpc) is 2.73. The lowest BCUT2D eigenvalue weighted by Gasteiger charge is -2.40. The highest BCUT2D eigenvalue weighted by molar-refractivity contribution is 7.80.